The molecule has 1 unspecified atom stereocenters. The minimum atomic E-state index is 0.0265. The number of aromatic nitrogens is 2. The summed E-state index contributed by atoms with van der Waals surface area (Å²) >= 11 is 12.3. The average Bonchev–Trinajstić information content (AvgIpc) is 2.39. The Kier molecular flexibility index (Phi) is 4.53. The molecular weight excluding hydrogens is 269 g/mol. The van der Waals surface area contributed by atoms with Crippen LogP contribution in [0.3, 0.4) is 0 Å². The second kappa shape index (κ2) is 6.14. The molecule has 2 aromatic rings. The van der Waals surface area contributed by atoms with E-state index in [1.807, 2.05) is 25.2 Å². The zero-order valence-corrected chi connectivity index (χ0v) is 11.4. The monoisotopic (exact) mass is 281 g/mol. The third-order valence-electron chi connectivity index (χ3n) is 2.75. The lowest BCUT2D eigenvalue weighted by Crippen LogP contribution is -2.20. The molecule has 5 heteroatoms. The van der Waals surface area contributed by atoms with Crippen molar-refractivity contribution in [3.05, 3.63) is 58.1 Å². The Morgan fingerprint density at radius 3 is 2.72 bits per heavy atom. The number of pyridine rings is 2. The van der Waals surface area contributed by atoms with Crippen molar-refractivity contribution in [3.8, 4) is 0 Å². The van der Waals surface area contributed by atoms with Crippen LogP contribution in [0.4, 0.5) is 0 Å². The van der Waals surface area contributed by atoms with Crippen LogP contribution in [0.25, 0.3) is 0 Å². The van der Waals surface area contributed by atoms with Crippen LogP contribution in [-0.4, -0.2) is 17.0 Å². The molecule has 0 aliphatic rings. The molecule has 2 aromatic heterocycles. The molecule has 0 saturated heterocycles. The van der Waals surface area contributed by atoms with Crippen LogP contribution in [0.1, 0.15) is 17.3 Å². The van der Waals surface area contributed by atoms with E-state index in [2.05, 4.69) is 15.3 Å². The normalized spacial score (nSPS) is 12.4. The molecular formula is C13H13Cl2N3. The van der Waals surface area contributed by atoms with Gasteiger partial charge in [-0.3, -0.25) is 9.97 Å². The molecule has 18 heavy (non-hydrogen) atoms. The van der Waals surface area contributed by atoms with E-state index in [0.29, 0.717) is 16.5 Å². The van der Waals surface area contributed by atoms with Crippen molar-refractivity contribution in [2.75, 3.05) is 7.05 Å². The second-order valence-corrected chi connectivity index (χ2v) is 4.70. The van der Waals surface area contributed by atoms with Crippen molar-refractivity contribution < 1.29 is 0 Å². The Bertz CT molecular complexity index is 531. The maximum Gasteiger partial charge on any atom is 0.0762 e. The van der Waals surface area contributed by atoms with Gasteiger partial charge in [0.1, 0.15) is 0 Å². The van der Waals surface area contributed by atoms with Gasteiger partial charge in [0.15, 0.2) is 0 Å². The zero-order chi connectivity index (χ0) is 13.0. The molecule has 0 bridgehead atoms. The Hall–Kier alpha value is -1.16. The van der Waals surface area contributed by atoms with Crippen LogP contribution in [-0.2, 0) is 6.42 Å². The van der Waals surface area contributed by atoms with Crippen LogP contribution in [0.15, 0.2) is 36.8 Å². The molecule has 1 N–H and O–H groups in total. The summed E-state index contributed by atoms with van der Waals surface area (Å²) in [6.45, 7) is 0. The molecule has 1 atom stereocenters. The first-order valence-corrected chi connectivity index (χ1v) is 6.34. The van der Waals surface area contributed by atoms with E-state index in [1.54, 1.807) is 18.6 Å². The maximum atomic E-state index is 6.16. The van der Waals surface area contributed by atoms with Gasteiger partial charge in [-0.2, -0.15) is 0 Å². The first-order valence-electron chi connectivity index (χ1n) is 5.58. The first kappa shape index (κ1) is 13.3. The highest BCUT2D eigenvalue weighted by atomic mass is 35.5. The third kappa shape index (κ3) is 2.99. The molecule has 0 spiro atoms. The van der Waals surface area contributed by atoms with E-state index in [1.165, 1.54) is 0 Å². The lowest BCUT2D eigenvalue weighted by Gasteiger charge is -2.17. The molecule has 94 valence electrons. The molecule has 2 heterocycles. The predicted molar refractivity (Wildman–Crippen MR) is 74.0 cm³/mol. The number of rotatable bonds is 4. The summed E-state index contributed by atoms with van der Waals surface area (Å²) in [5.74, 6) is 0. The highest BCUT2D eigenvalue weighted by Crippen LogP contribution is 2.25. The molecule has 2 rings (SSSR count). The molecule has 0 aromatic carbocycles. The lowest BCUT2D eigenvalue weighted by atomic mass is 10.0. The fourth-order valence-corrected chi connectivity index (χ4v) is 2.23. The number of halogens is 2. The van der Waals surface area contributed by atoms with Crippen molar-refractivity contribution in [3.63, 3.8) is 0 Å². The van der Waals surface area contributed by atoms with Gasteiger partial charge in [-0.05, 0) is 37.2 Å². The van der Waals surface area contributed by atoms with Gasteiger partial charge in [-0.1, -0.05) is 23.2 Å². The summed E-state index contributed by atoms with van der Waals surface area (Å²) in [5, 5.41) is 4.52. The molecule has 0 radical (unpaired) electrons. The van der Waals surface area contributed by atoms with Gasteiger partial charge in [-0.15, -0.1) is 0 Å². The van der Waals surface area contributed by atoms with Crippen molar-refractivity contribution in [2.24, 2.45) is 0 Å². The van der Waals surface area contributed by atoms with E-state index in [0.717, 1.165) is 11.3 Å². The fraction of sp³-hybridized carbons (Fsp3) is 0.231. The number of hydrogen-bond donors (Lipinski definition) is 1. The SMILES string of the molecule is CNC(Cc1ccncc1Cl)c1ncccc1Cl. The largest absolute Gasteiger partial charge is 0.311 e. The maximum absolute atomic E-state index is 6.16. The van der Waals surface area contributed by atoms with Gasteiger partial charge >= 0.3 is 0 Å². The Labute approximate surface area is 116 Å². The van der Waals surface area contributed by atoms with Crippen LogP contribution >= 0.6 is 23.2 Å². The van der Waals surface area contributed by atoms with E-state index in [9.17, 15) is 0 Å². The van der Waals surface area contributed by atoms with E-state index in [-0.39, 0.29) is 6.04 Å². The summed E-state index contributed by atoms with van der Waals surface area (Å²) in [6.07, 6.45) is 5.83. The molecule has 0 aliphatic heterocycles. The van der Waals surface area contributed by atoms with Gasteiger partial charge in [0, 0.05) is 18.6 Å². The minimum Gasteiger partial charge on any atom is -0.311 e. The van der Waals surface area contributed by atoms with Crippen LogP contribution < -0.4 is 5.32 Å². The number of nitrogens with zero attached hydrogens (tertiary/aromatic N) is 2. The van der Waals surface area contributed by atoms with Gasteiger partial charge in [0.25, 0.3) is 0 Å². The molecule has 0 aliphatic carbocycles. The van der Waals surface area contributed by atoms with Gasteiger partial charge < -0.3 is 5.32 Å². The third-order valence-corrected chi connectivity index (χ3v) is 3.41. The van der Waals surface area contributed by atoms with Gasteiger partial charge in [-0.25, -0.2) is 0 Å². The van der Waals surface area contributed by atoms with E-state index >= 15 is 0 Å². The smallest absolute Gasteiger partial charge is 0.0762 e. The van der Waals surface area contributed by atoms with Crippen molar-refractivity contribution in [2.45, 2.75) is 12.5 Å². The van der Waals surface area contributed by atoms with Crippen molar-refractivity contribution >= 4 is 23.2 Å². The zero-order valence-electron chi connectivity index (χ0n) is 9.90. The highest BCUT2D eigenvalue weighted by Gasteiger charge is 2.16. The van der Waals surface area contributed by atoms with E-state index in [4.69, 9.17) is 23.2 Å². The standard InChI is InChI=1S/C13H13Cl2N3/c1-16-12(13-10(14)3-2-5-18-13)7-9-4-6-17-8-11(9)15/h2-6,8,12,16H,7H2,1H3. The minimum absolute atomic E-state index is 0.0265. The molecule has 3 nitrogen and oxygen atoms in total. The summed E-state index contributed by atoms with van der Waals surface area (Å²) in [6, 6.07) is 5.59. The number of likely N-dealkylation sites (N-methyl/N-ethyl adjacent to an activating group) is 1. The predicted octanol–water partition coefficient (Wildman–Crippen LogP) is 3.29. The Balaban J connectivity index is 2.26. The van der Waals surface area contributed by atoms with Crippen LogP contribution in [0.2, 0.25) is 10.0 Å². The molecule has 0 amide bonds. The van der Waals surface area contributed by atoms with Gasteiger partial charge in [0.2, 0.25) is 0 Å². The van der Waals surface area contributed by atoms with E-state index < -0.39 is 0 Å². The lowest BCUT2D eigenvalue weighted by molar-refractivity contribution is 0.576. The van der Waals surface area contributed by atoms with Crippen LogP contribution in [0, 0.1) is 0 Å². The highest BCUT2D eigenvalue weighted by molar-refractivity contribution is 6.31. The molecule has 0 saturated carbocycles. The summed E-state index contributed by atoms with van der Waals surface area (Å²) in [4.78, 5) is 8.30. The van der Waals surface area contributed by atoms with Crippen molar-refractivity contribution in [1.82, 2.24) is 15.3 Å². The Morgan fingerprint density at radius 2 is 2.06 bits per heavy atom. The first-order chi connectivity index (χ1) is 8.72. The van der Waals surface area contributed by atoms with Gasteiger partial charge in [0.05, 0.1) is 21.8 Å². The Morgan fingerprint density at radius 1 is 1.22 bits per heavy atom. The topological polar surface area (TPSA) is 37.8 Å². The average molecular weight is 282 g/mol. The summed E-state index contributed by atoms with van der Waals surface area (Å²) < 4.78 is 0. The van der Waals surface area contributed by atoms with Crippen molar-refractivity contribution in [1.29, 1.82) is 0 Å². The molecule has 0 fully saturated rings. The second-order valence-electron chi connectivity index (χ2n) is 3.88. The summed E-state index contributed by atoms with van der Waals surface area (Å²) in [5.41, 5.74) is 1.85. The number of nitrogens with one attached hydrogen (secondary N) is 1. The fourth-order valence-electron chi connectivity index (χ4n) is 1.78. The summed E-state index contributed by atoms with van der Waals surface area (Å²) in [7, 11) is 1.88. The number of hydrogen-bond acceptors (Lipinski definition) is 3. The quantitative estimate of drug-likeness (QED) is 0.935. The van der Waals surface area contributed by atoms with Crippen LogP contribution in [0.5, 0.6) is 0 Å².